The van der Waals surface area contributed by atoms with Gasteiger partial charge in [-0.2, -0.15) is 0 Å². The van der Waals surface area contributed by atoms with E-state index in [1.807, 2.05) is 53.4 Å². The van der Waals surface area contributed by atoms with Crippen LogP contribution in [0.3, 0.4) is 0 Å². The lowest BCUT2D eigenvalue weighted by molar-refractivity contribution is 0.0690. The van der Waals surface area contributed by atoms with E-state index >= 15 is 0 Å². The van der Waals surface area contributed by atoms with Gasteiger partial charge in [-0.05, 0) is 61.1 Å². The molecular formula is C26H24N2O2S. The van der Waals surface area contributed by atoms with Crippen molar-refractivity contribution < 1.29 is 9.59 Å². The highest BCUT2D eigenvalue weighted by atomic mass is 32.2. The predicted octanol–water partition coefficient (Wildman–Crippen LogP) is 5.50. The molecule has 3 aromatic carbocycles. The molecule has 0 aromatic heterocycles. The van der Waals surface area contributed by atoms with Gasteiger partial charge in [0, 0.05) is 28.4 Å². The summed E-state index contributed by atoms with van der Waals surface area (Å²) in [5, 5.41) is 2.98. The molecule has 0 aliphatic carbocycles. The quantitative estimate of drug-likeness (QED) is 0.599. The van der Waals surface area contributed by atoms with E-state index in [0.29, 0.717) is 22.7 Å². The average molecular weight is 429 g/mol. The highest BCUT2D eigenvalue weighted by Gasteiger charge is 2.25. The highest BCUT2D eigenvalue weighted by molar-refractivity contribution is 7.99. The van der Waals surface area contributed by atoms with Crippen molar-refractivity contribution in [1.29, 1.82) is 0 Å². The van der Waals surface area contributed by atoms with E-state index in [-0.39, 0.29) is 11.8 Å². The first-order valence-corrected chi connectivity index (χ1v) is 11.5. The molecule has 5 rings (SSSR count). The lowest BCUT2D eigenvalue weighted by atomic mass is 9.90. The molecule has 0 spiro atoms. The van der Waals surface area contributed by atoms with Gasteiger partial charge in [0.05, 0.1) is 11.3 Å². The molecule has 2 amide bonds. The van der Waals surface area contributed by atoms with Gasteiger partial charge in [0.1, 0.15) is 0 Å². The van der Waals surface area contributed by atoms with Gasteiger partial charge in [0.25, 0.3) is 11.8 Å². The van der Waals surface area contributed by atoms with Crippen LogP contribution in [0.25, 0.3) is 0 Å². The number of nitrogens with zero attached hydrogens (tertiary/aromatic N) is 1. The van der Waals surface area contributed by atoms with Crippen LogP contribution in [0.1, 0.15) is 39.1 Å². The third kappa shape index (κ3) is 4.23. The summed E-state index contributed by atoms with van der Waals surface area (Å²) in [6.07, 6.45) is 3.12. The van der Waals surface area contributed by atoms with Gasteiger partial charge >= 0.3 is 0 Å². The molecule has 0 atom stereocenters. The fraction of sp³-hybridized carbons (Fsp3) is 0.231. The van der Waals surface area contributed by atoms with Gasteiger partial charge in [-0.25, -0.2) is 0 Å². The lowest BCUT2D eigenvalue weighted by Gasteiger charge is -2.32. The Labute approximate surface area is 186 Å². The van der Waals surface area contributed by atoms with Gasteiger partial charge in [0.2, 0.25) is 0 Å². The molecule has 3 aromatic rings. The summed E-state index contributed by atoms with van der Waals surface area (Å²) in [7, 11) is 0. The fourth-order valence-electron chi connectivity index (χ4n) is 4.37. The number of carbonyl (C=O) groups excluding carboxylic acids is 2. The summed E-state index contributed by atoms with van der Waals surface area (Å²) in [6.45, 7) is 1.56. The van der Waals surface area contributed by atoms with E-state index in [0.717, 1.165) is 42.1 Å². The molecule has 1 saturated heterocycles. The van der Waals surface area contributed by atoms with Gasteiger partial charge in [-0.3, -0.25) is 9.59 Å². The summed E-state index contributed by atoms with van der Waals surface area (Å²) in [6, 6.07) is 23.8. The number of piperidine rings is 1. The molecule has 0 unspecified atom stereocenters. The maximum absolute atomic E-state index is 13.1. The first-order chi connectivity index (χ1) is 15.2. The Kier molecular flexibility index (Phi) is 5.51. The van der Waals surface area contributed by atoms with E-state index in [1.54, 1.807) is 11.8 Å². The summed E-state index contributed by atoms with van der Waals surface area (Å²) in [4.78, 5) is 29.6. The topological polar surface area (TPSA) is 49.4 Å². The molecule has 1 N–H and O–H groups in total. The predicted molar refractivity (Wildman–Crippen MR) is 124 cm³/mol. The van der Waals surface area contributed by atoms with Crippen molar-refractivity contribution in [1.82, 2.24) is 4.90 Å². The number of nitrogens with one attached hydrogen (secondary N) is 1. The average Bonchev–Trinajstić information content (AvgIpc) is 2.95. The molecule has 2 aliphatic heterocycles. The molecule has 5 heteroatoms. The van der Waals surface area contributed by atoms with Gasteiger partial charge in [0.15, 0.2) is 0 Å². The van der Waals surface area contributed by atoms with E-state index in [4.69, 9.17) is 0 Å². The summed E-state index contributed by atoms with van der Waals surface area (Å²) in [5.74, 6) is 0.530. The number of likely N-dealkylation sites (tertiary alicyclic amines) is 1. The highest BCUT2D eigenvalue weighted by Crippen LogP contribution is 2.39. The maximum Gasteiger partial charge on any atom is 0.256 e. The van der Waals surface area contributed by atoms with Crippen molar-refractivity contribution >= 4 is 29.3 Å². The SMILES string of the molecule is O=C1Nc2cc(C(=O)N3CCC(Cc4ccccc4)CC3)ccc2Sc2ccccc21. The molecule has 0 bridgehead atoms. The molecule has 31 heavy (non-hydrogen) atoms. The molecule has 2 aliphatic rings. The van der Waals surface area contributed by atoms with Crippen molar-refractivity contribution in [2.45, 2.75) is 29.1 Å². The number of fused-ring (bicyclic) bond motifs is 2. The summed E-state index contributed by atoms with van der Waals surface area (Å²) < 4.78 is 0. The molecular weight excluding hydrogens is 404 g/mol. The molecule has 156 valence electrons. The summed E-state index contributed by atoms with van der Waals surface area (Å²) in [5.41, 5.74) is 3.37. The Morgan fingerprint density at radius 1 is 0.935 bits per heavy atom. The number of rotatable bonds is 3. The number of amides is 2. The Balaban J connectivity index is 1.27. The second kappa shape index (κ2) is 8.60. The van der Waals surface area contributed by atoms with Crippen LogP contribution in [0.4, 0.5) is 5.69 Å². The monoisotopic (exact) mass is 428 g/mol. The number of benzene rings is 3. The summed E-state index contributed by atoms with van der Waals surface area (Å²) >= 11 is 1.56. The largest absolute Gasteiger partial charge is 0.339 e. The zero-order valence-corrected chi connectivity index (χ0v) is 18.0. The van der Waals surface area contributed by atoms with Crippen LogP contribution in [-0.2, 0) is 6.42 Å². The van der Waals surface area contributed by atoms with Crippen molar-refractivity contribution in [3.63, 3.8) is 0 Å². The van der Waals surface area contributed by atoms with Crippen molar-refractivity contribution in [3.05, 3.63) is 89.5 Å². The second-order valence-electron chi connectivity index (χ2n) is 8.19. The minimum absolute atomic E-state index is 0.0435. The third-order valence-corrected chi connectivity index (χ3v) is 7.25. The lowest BCUT2D eigenvalue weighted by Crippen LogP contribution is -2.39. The van der Waals surface area contributed by atoms with Crippen LogP contribution in [0, 0.1) is 5.92 Å². The van der Waals surface area contributed by atoms with Crippen molar-refractivity contribution in [2.75, 3.05) is 18.4 Å². The standard InChI is InChI=1S/C26H24N2O2S/c29-25-21-8-4-5-9-23(21)31-24-11-10-20(17-22(24)27-25)26(30)28-14-12-19(13-15-28)16-18-6-2-1-3-7-18/h1-11,17,19H,12-16H2,(H,27,29). The van der Waals surface area contributed by atoms with Crippen LogP contribution in [0.2, 0.25) is 0 Å². The molecule has 4 nitrogen and oxygen atoms in total. The third-order valence-electron chi connectivity index (χ3n) is 6.10. The first kappa shape index (κ1) is 19.9. The van der Waals surface area contributed by atoms with E-state index < -0.39 is 0 Å². The smallest absolute Gasteiger partial charge is 0.256 e. The zero-order chi connectivity index (χ0) is 21.2. The maximum atomic E-state index is 13.1. The number of hydrogen-bond acceptors (Lipinski definition) is 3. The van der Waals surface area contributed by atoms with Crippen molar-refractivity contribution in [2.24, 2.45) is 5.92 Å². The minimum atomic E-state index is -0.131. The Hall–Kier alpha value is -3.05. The number of anilines is 1. The van der Waals surface area contributed by atoms with Crippen molar-refractivity contribution in [3.8, 4) is 0 Å². The van der Waals surface area contributed by atoms with E-state index in [2.05, 4.69) is 29.6 Å². The Morgan fingerprint density at radius 3 is 2.48 bits per heavy atom. The van der Waals surface area contributed by atoms with Gasteiger partial charge in [-0.1, -0.05) is 54.2 Å². The van der Waals surface area contributed by atoms with Gasteiger partial charge in [-0.15, -0.1) is 0 Å². The fourth-order valence-corrected chi connectivity index (χ4v) is 5.38. The molecule has 0 radical (unpaired) electrons. The van der Waals surface area contributed by atoms with Crippen LogP contribution in [0.5, 0.6) is 0 Å². The first-order valence-electron chi connectivity index (χ1n) is 10.7. The minimum Gasteiger partial charge on any atom is -0.339 e. The van der Waals surface area contributed by atoms with Crippen LogP contribution in [0.15, 0.2) is 82.6 Å². The van der Waals surface area contributed by atoms with E-state index in [9.17, 15) is 9.59 Å². The Bertz CT molecular complexity index is 1120. The molecule has 1 fully saturated rings. The number of carbonyl (C=O) groups is 2. The molecule has 0 saturated carbocycles. The Morgan fingerprint density at radius 2 is 1.68 bits per heavy atom. The van der Waals surface area contributed by atoms with Crippen LogP contribution in [-0.4, -0.2) is 29.8 Å². The second-order valence-corrected chi connectivity index (χ2v) is 9.27. The number of hydrogen-bond donors (Lipinski definition) is 1. The normalized spacial score (nSPS) is 16.1. The molecule has 2 heterocycles. The zero-order valence-electron chi connectivity index (χ0n) is 17.2. The van der Waals surface area contributed by atoms with E-state index in [1.165, 1.54) is 5.56 Å². The van der Waals surface area contributed by atoms with Crippen LogP contribution < -0.4 is 5.32 Å². The van der Waals surface area contributed by atoms with Crippen LogP contribution >= 0.6 is 11.8 Å². The van der Waals surface area contributed by atoms with Gasteiger partial charge < -0.3 is 10.2 Å².